The van der Waals surface area contributed by atoms with Crippen molar-refractivity contribution in [3.05, 3.63) is 45.9 Å². The fraction of sp³-hybridized carbons (Fsp3) is 0.474. The zero-order chi connectivity index (χ0) is 18.6. The number of amides is 1. The van der Waals surface area contributed by atoms with Crippen LogP contribution in [0.15, 0.2) is 29.5 Å². The number of hydrogen-bond donors (Lipinski definition) is 1. The summed E-state index contributed by atoms with van der Waals surface area (Å²) in [4.78, 5) is 24.6. The highest BCUT2D eigenvalue weighted by Gasteiger charge is 2.35. The van der Waals surface area contributed by atoms with Crippen molar-refractivity contribution in [3.63, 3.8) is 0 Å². The number of carbonyl (C=O) groups is 2. The summed E-state index contributed by atoms with van der Waals surface area (Å²) in [7, 11) is 0. The average Bonchev–Trinajstić information content (AvgIpc) is 2.55. The summed E-state index contributed by atoms with van der Waals surface area (Å²) in [6.45, 7) is 5.99. The van der Waals surface area contributed by atoms with E-state index in [0.29, 0.717) is 12.3 Å². The molecule has 2 rings (SSSR count). The second kappa shape index (κ2) is 8.48. The standard InChI is InChI=1S/C19H23ClFNO3/c1-4-12(5-2)10-25-19(24)17-11(3)22-16(23)9-13(17)18-14(20)7-6-8-15(18)21/h6-8,12-13H,4-5,9-10H2,1-3H3,(H,22,23)/t13-/m1/s1. The van der Waals surface area contributed by atoms with Gasteiger partial charge in [0.05, 0.1) is 12.2 Å². The highest BCUT2D eigenvalue weighted by atomic mass is 35.5. The van der Waals surface area contributed by atoms with E-state index < -0.39 is 17.7 Å². The Morgan fingerprint density at radius 2 is 2.08 bits per heavy atom. The van der Waals surface area contributed by atoms with Crippen LogP contribution in [-0.2, 0) is 14.3 Å². The van der Waals surface area contributed by atoms with E-state index in [1.54, 1.807) is 13.0 Å². The Kier molecular flexibility index (Phi) is 6.59. The predicted molar refractivity (Wildman–Crippen MR) is 94.6 cm³/mol. The molecule has 1 aliphatic rings. The SMILES string of the molecule is CCC(CC)COC(=O)C1=C(C)NC(=O)C[C@H]1c1c(F)cccc1Cl. The normalized spacial score (nSPS) is 17.7. The van der Waals surface area contributed by atoms with Crippen molar-refractivity contribution < 1.29 is 18.7 Å². The minimum Gasteiger partial charge on any atom is -0.462 e. The molecule has 0 saturated heterocycles. The molecule has 0 unspecified atom stereocenters. The first-order valence-electron chi connectivity index (χ1n) is 8.50. The molecular formula is C19H23ClFNO3. The molecule has 1 N–H and O–H groups in total. The van der Waals surface area contributed by atoms with Crippen molar-refractivity contribution >= 4 is 23.5 Å². The molecule has 1 aliphatic heterocycles. The smallest absolute Gasteiger partial charge is 0.336 e. The lowest BCUT2D eigenvalue weighted by Gasteiger charge is -2.27. The number of carbonyl (C=O) groups excluding carboxylic acids is 2. The Hall–Kier alpha value is -1.88. The van der Waals surface area contributed by atoms with Crippen LogP contribution in [0.1, 0.15) is 51.5 Å². The van der Waals surface area contributed by atoms with Gasteiger partial charge in [-0.2, -0.15) is 0 Å². The van der Waals surface area contributed by atoms with Gasteiger partial charge in [0.1, 0.15) is 5.82 Å². The molecular weight excluding hydrogens is 345 g/mol. The van der Waals surface area contributed by atoms with Crippen LogP contribution in [0.2, 0.25) is 5.02 Å². The first-order chi connectivity index (χ1) is 11.9. The maximum Gasteiger partial charge on any atom is 0.336 e. The Labute approximate surface area is 152 Å². The van der Waals surface area contributed by atoms with E-state index >= 15 is 0 Å². The molecule has 1 atom stereocenters. The summed E-state index contributed by atoms with van der Waals surface area (Å²) in [5, 5.41) is 2.83. The van der Waals surface area contributed by atoms with Gasteiger partial charge in [-0.1, -0.05) is 44.4 Å². The second-order valence-corrected chi connectivity index (χ2v) is 6.67. The molecule has 0 fully saturated rings. The van der Waals surface area contributed by atoms with Crippen molar-refractivity contribution in [2.75, 3.05) is 6.61 Å². The summed E-state index contributed by atoms with van der Waals surface area (Å²) in [6.07, 6.45) is 1.76. The number of hydrogen-bond acceptors (Lipinski definition) is 3. The summed E-state index contributed by atoms with van der Waals surface area (Å²) in [6, 6.07) is 4.32. The molecule has 1 amide bonds. The number of allylic oxidation sites excluding steroid dienone is 1. The van der Waals surface area contributed by atoms with Gasteiger partial charge in [0, 0.05) is 28.6 Å². The largest absolute Gasteiger partial charge is 0.462 e. The average molecular weight is 368 g/mol. The molecule has 0 spiro atoms. The van der Waals surface area contributed by atoms with E-state index in [1.807, 2.05) is 13.8 Å². The number of esters is 1. The minimum absolute atomic E-state index is 0.0482. The number of ether oxygens (including phenoxy) is 1. The van der Waals surface area contributed by atoms with E-state index in [-0.39, 0.29) is 34.4 Å². The Morgan fingerprint density at radius 3 is 2.68 bits per heavy atom. The van der Waals surface area contributed by atoms with E-state index in [4.69, 9.17) is 16.3 Å². The monoisotopic (exact) mass is 367 g/mol. The van der Waals surface area contributed by atoms with E-state index in [0.717, 1.165) is 12.8 Å². The maximum atomic E-state index is 14.4. The number of rotatable bonds is 6. The van der Waals surface area contributed by atoms with Gasteiger partial charge in [0.25, 0.3) is 0 Å². The van der Waals surface area contributed by atoms with Crippen LogP contribution in [0.5, 0.6) is 0 Å². The summed E-state index contributed by atoms with van der Waals surface area (Å²) < 4.78 is 19.8. The summed E-state index contributed by atoms with van der Waals surface area (Å²) in [5.41, 5.74) is 0.806. The maximum absolute atomic E-state index is 14.4. The zero-order valence-electron chi connectivity index (χ0n) is 14.7. The molecule has 1 aromatic carbocycles. The van der Waals surface area contributed by atoms with E-state index in [9.17, 15) is 14.0 Å². The van der Waals surface area contributed by atoms with Gasteiger partial charge in [0.2, 0.25) is 5.91 Å². The van der Waals surface area contributed by atoms with Gasteiger partial charge in [-0.25, -0.2) is 9.18 Å². The van der Waals surface area contributed by atoms with Crippen molar-refractivity contribution in [1.29, 1.82) is 0 Å². The molecule has 4 nitrogen and oxygen atoms in total. The van der Waals surface area contributed by atoms with Gasteiger partial charge >= 0.3 is 5.97 Å². The molecule has 136 valence electrons. The summed E-state index contributed by atoms with van der Waals surface area (Å²) in [5.74, 6) is -1.83. The summed E-state index contributed by atoms with van der Waals surface area (Å²) >= 11 is 6.15. The fourth-order valence-corrected chi connectivity index (χ4v) is 3.35. The third-order valence-electron chi connectivity index (χ3n) is 4.64. The molecule has 1 heterocycles. The topological polar surface area (TPSA) is 55.4 Å². The highest BCUT2D eigenvalue weighted by molar-refractivity contribution is 6.31. The van der Waals surface area contributed by atoms with Crippen molar-refractivity contribution in [1.82, 2.24) is 5.32 Å². The van der Waals surface area contributed by atoms with Crippen molar-refractivity contribution in [2.45, 2.75) is 46.0 Å². The second-order valence-electron chi connectivity index (χ2n) is 6.26. The third-order valence-corrected chi connectivity index (χ3v) is 4.97. The van der Waals surface area contributed by atoms with Crippen LogP contribution >= 0.6 is 11.6 Å². The lowest BCUT2D eigenvalue weighted by Crippen LogP contribution is -2.35. The lowest BCUT2D eigenvalue weighted by atomic mass is 9.84. The van der Waals surface area contributed by atoms with Crippen molar-refractivity contribution in [2.24, 2.45) is 5.92 Å². The number of benzene rings is 1. The van der Waals surface area contributed by atoms with Gasteiger partial charge in [-0.05, 0) is 25.0 Å². The van der Waals surface area contributed by atoms with Crippen LogP contribution in [0.25, 0.3) is 0 Å². The first kappa shape index (κ1) is 19.4. The Balaban J connectivity index is 2.36. The first-order valence-corrected chi connectivity index (χ1v) is 8.88. The van der Waals surface area contributed by atoms with Gasteiger partial charge < -0.3 is 10.1 Å². The van der Waals surface area contributed by atoms with Gasteiger partial charge in [-0.15, -0.1) is 0 Å². The van der Waals surface area contributed by atoms with Crippen LogP contribution in [-0.4, -0.2) is 18.5 Å². The number of nitrogens with one attached hydrogen (secondary N) is 1. The van der Waals surface area contributed by atoms with Crippen LogP contribution < -0.4 is 5.32 Å². The van der Waals surface area contributed by atoms with Crippen molar-refractivity contribution in [3.8, 4) is 0 Å². The highest BCUT2D eigenvalue weighted by Crippen LogP contribution is 2.38. The molecule has 0 aliphatic carbocycles. The van der Waals surface area contributed by atoms with E-state index in [1.165, 1.54) is 12.1 Å². The zero-order valence-corrected chi connectivity index (χ0v) is 15.5. The Bertz CT molecular complexity index is 678. The minimum atomic E-state index is -0.753. The van der Waals surface area contributed by atoms with Crippen LogP contribution in [0.4, 0.5) is 4.39 Å². The lowest BCUT2D eigenvalue weighted by molar-refractivity contribution is -0.141. The molecule has 1 aromatic rings. The molecule has 6 heteroatoms. The van der Waals surface area contributed by atoms with E-state index in [2.05, 4.69) is 5.32 Å². The third kappa shape index (κ3) is 4.40. The molecule has 25 heavy (non-hydrogen) atoms. The molecule has 0 radical (unpaired) electrons. The number of halogens is 2. The Morgan fingerprint density at radius 1 is 1.40 bits per heavy atom. The fourth-order valence-electron chi connectivity index (χ4n) is 3.06. The molecule has 0 saturated carbocycles. The predicted octanol–water partition coefficient (Wildman–Crippen LogP) is 4.34. The van der Waals surface area contributed by atoms with Gasteiger partial charge in [0.15, 0.2) is 0 Å². The van der Waals surface area contributed by atoms with Crippen LogP contribution in [0, 0.1) is 11.7 Å². The van der Waals surface area contributed by atoms with Crippen LogP contribution in [0.3, 0.4) is 0 Å². The molecule has 0 bridgehead atoms. The quantitative estimate of drug-likeness (QED) is 0.761. The van der Waals surface area contributed by atoms with Gasteiger partial charge in [-0.3, -0.25) is 4.79 Å². The molecule has 0 aromatic heterocycles.